The molecular weight excluding hydrogens is 516 g/mol. The number of pyridine rings is 1. The summed E-state index contributed by atoms with van der Waals surface area (Å²) in [6, 6.07) is 11.5. The minimum absolute atomic E-state index is 0. The standard InChI is InChI=1S/C24H18N8OS2.ClH/c1-15-21(35-23(28-15)16-5-4-8-25-9-16)22(33)29-19-7-3-2-6-18(19)20-11-32-17(12-34-24(32)30-20)10-31-14-26-13-27-31;/h2-9,11-14H,10H2,1H3,(H,29,33);1H. The zero-order valence-electron chi connectivity index (χ0n) is 18.9. The molecule has 0 saturated heterocycles. The Morgan fingerprint density at radius 2 is 2.00 bits per heavy atom. The number of amides is 1. The maximum atomic E-state index is 13.2. The van der Waals surface area contributed by atoms with Crippen molar-refractivity contribution in [1.82, 2.24) is 34.1 Å². The number of nitrogens with one attached hydrogen (secondary N) is 1. The second-order valence-electron chi connectivity index (χ2n) is 7.77. The number of nitrogens with zero attached hydrogens (tertiary/aromatic N) is 7. The molecule has 0 aliphatic rings. The molecular formula is C24H19ClN8OS2. The van der Waals surface area contributed by atoms with Gasteiger partial charge < -0.3 is 5.32 Å². The van der Waals surface area contributed by atoms with Crippen LogP contribution in [0.15, 0.2) is 73.0 Å². The van der Waals surface area contributed by atoms with Crippen LogP contribution in [-0.4, -0.2) is 40.0 Å². The Hall–Kier alpha value is -3.93. The predicted molar refractivity (Wildman–Crippen MR) is 143 cm³/mol. The van der Waals surface area contributed by atoms with Crippen LogP contribution in [0.5, 0.6) is 0 Å². The molecule has 1 amide bonds. The van der Waals surface area contributed by atoms with Crippen molar-refractivity contribution in [3.8, 4) is 21.8 Å². The van der Waals surface area contributed by atoms with Crippen LogP contribution in [0.3, 0.4) is 0 Å². The van der Waals surface area contributed by atoms with Crippen LogP contribution in [0.25, 0.3) is 26.8 Å². The van der Waals surface area contributed by atoms with Crippen molar-refractivity contribution in [3.63, 3.8) is 0 Å². The van der Waals surface area contributed by atoms with Crippen molar-refractivity contribution >= 4 is 51.6 Å². The first kappa shape index (κ1) is 23.8. The lowest BCUT2D eigenvalue weighted by Crippen LogP contribution is -2.12. The molecule has 1 N–H and O–H groups in total. The SMILES string of the molecule is Cc1nc(-c2cccnc2)sc1C(=O)Nc1ccccc1-c1cn2c(Cn3cncn3)csc2n1.Cl. The van der Waals surface area contributed by atoms with E-state index in [1.165, 1.54) is 17.7 Å². The van der Waals surface area contributed by atoms with Crippen molar-refractivity contribution in [2.75, 3.05) is 5.32 Å². The number of para-hydroxylation sites is 1. The molecule has 36 heavy (non-hydrogen) atoms. The molecule has 0 aliphatic carbocycles. The van der Waals surface area contributed by atoms with E-state index in [-0.39, 0.29) is 18.3 Å². The van der Waals surface area contributed by atoms with Crippen LogP contribution < -0.4 is 5.32 Å². The molecule has 0 saturated carbocycles. The van der Waals surface area contributed by atoms with Gasteiger partial charge in [0.2, 0.25) is 0 Å². The average molecular weight is 535 g/mol. The third-order valence-electron chi connectivity index (χ3n) is 5.44. The Kier molecular flexibility index (Phi) is 6.59. The Labute approximate surface area is 220 Å². The van der Waals surface area contributed by atoms with E-state index in [1.807, 2.05) is 53.9 Å². The molecule has 5 aromatic heterocycles. The fourth-order valence-corrected chi connectivity index (χ4v) is 5.58. The number of carbonyl (C=O) groups excluding carboxylic acids is 1. The Balaban J connectivity index is 0.00000267. The molecule has 5 heterocycles. The van der Waals surface area contributed by atoms with Gasteiger partial charge in [0.05, 0.1) is 29.3 Å². The van der Waals surface area contributed by atoms with Gasteiger partial charge in [-0.25, -0.2) is 19.6 Å². The van der Waals surface area contributed by atoms with Gasteiger partial charge in [0.15, 0.2) is 4.96 Å². The number of hydrogen-bond donors (Lipinski definition) is 1. The third-order valence-corrected chi connectivity index (χ3v) is 7.53. The summed E-state index contributed by atoms with van der Waals surface area (Å²) in [6.45, 7) is 2.44. The van der Waals surface area contributed by atoms with Gasteiger partial charge in [-0.2, -0.15) is 5.10 Å². The van der Waals surface area contributed by atoms with E-state index in [4.69, 9.17) is 4.98 Å². The third kappa shape index (κ3) is 4.51. The fraction of sp³-hybridized carbons (Fsp3) is 0.0833. The molecule has 12 heteroatoms. The topological polar surface area (TPSA) is 103 Å². The number of thiazole rings is 2. The van der Waals surface area contributed by atoms with Crippen LogP contribution >= 0.6 is 35.1 Å². The average Bonchev–Trinajstić information content (AvgIpc) is 3.66. The minimum Gasteiger partial charge on any atom is -0.321 e. The molecule has 0 aliphatic heterocycles. The minimum atomic E-state index is -0.199. The molecule has 1 aromatic carbocycles. The van der Waals surface area contributed by atoms with Crippen LogP contribution in [-0.2, 0) is 6.54 Å². The number of fused-ring (bicyclic) bond motifs is 1. The van der Waals surface area contributed by atoms with Gasteiger partial charge >= 0.3 is 0 Å². The molecule has 9 nitrogen and oxygen atoms in total. The van der Waals surface area contributed by atoms with Gasteiger partial charge in [-0.1, -0.05) is 18.2 Å². The number of carbonyl (C=O) groups is 1. The number of halogens is 1. The number of aromatic nitrogens is 7. The second kappa shape index (κ2) is 9.97. The van der Waals surface area contributed by atoms with Crippen molar-refractivity contribution < 1.29 is 4.79 Å². The summed E-state index contributed by atoms with van der Waals surface area (Å²) in [6.07, 6.45) is 8.66. The molecule has 0 atom stereocenters. The summed E-state index contributed by atoms with van der Waals surface area (Å²) in [4.78, 5) is 32.2. The molecule has 0 unspecified atom stereocenters. The highest BCUT2D eigenvalue weighted by atomic mass is 35.5. The summed E-state index contributed by atoms with van der Waals surface area (Å²) >= 11 is 2.92. The highest BCUT2D eigenvalue weighted by Crippen LogP contribution is 2.32. The van der Waals surface area contributed by atoms with Crippen LogP contribution in [0, 0.1) is 6.92 Å². The fourth-order valence-electron chi connectivity index (χ4n) is 3.77. The van der Waals surface area contributed by atoms with Crippen LogP contribution in [0.1, 0.15) is 21.1 Å². The summed E-state index contributed by atoms with van der Waals surface area (Å²) in [5.74, 6) is -0.199. The van der Waals surface area contributed by atoms with Gasteiger partial charge in [-0.05, 0) is 25.1 Å². The van der Waals surface area contributed by atoms with Crippen molar-refractivity contribution in [2.45, 2.75) is 13.5 Å². The lowest BCUT2D eigenvalue weighted by molar-refractivity contribution is 0.103. The largest absolute Gasteiger partial charge is 0.321 e. The number of aryl methyl sites for hydroxylation is 1. The van der Waals surface area contributed by atoms with E-state index >= 15 is 0 Å². The first-order valence-corrected chi connectivity index (χ1v) is 12.4. The highest BCUT2D eigenvalue weighted by molar-refractivity contribution is 7.17. The maximum Gasteiger partial charge on any atom is 0.267 e. The Morgan fingerprint density at radius 3 is 2.81 bits per heavy atom. The van der Waals surface area contributed by atoms with Gasteiger partial charge in [-0.15, -0.1) is 35.1 Å². The number of anilines is 1. The summed E-state index contributed by atoms with van der Waals surface area (Å²) in [7, 11) is 0. The quantitative estimate of drug-likeness (QED) is 0.315. The van der Waals surface area contributed by atoms with Crippen LogP contribution in [0.2, 0.25) is 0 Å². The molecule has 180 valence electrons. The number of hydrogen-bond acceptors (Lipinski definition) is 8. The zero-order valence-corrected chi connectivity index (χ0v) is 21.3. The van der Waals surface area contributed by atoms with E-state index in [2.05, 4.69) is 30.7 Å². The van der Waals surface area contributed by atoms with E-state index in [9.17, 15) is 4.79 Å². The summed E-state index contributed by atoms with van der Waals surface area (Å²) in [5, 5.41) is 10.1. The van der Waals surface area contributed by atoms with Crippen LogP contribution in [0.4, 0.5) is 5.69 Å². The van der Waals surface area contributed by atoms with E-state index in [1.54, 1.807) is 34.7 Å². The lowest BCUT2D eigenvalue weighted by atomic mass is 10.1. The molecule has 0 spiro atoms. The first-order valence-electron chi connectivity index (χ1n) is 10.7. The van der Waals surface area contributed by atoms with E-state index in [0.29, 0.717) is 22.8 Å². The highest BCUT2D eigenvalue weighted by Gasteiger charge is 2.19. The summed E-state index contributed by atoms with van der Waals surface area (Å²) in [5.41, 5.74) is 4.95. The van der Waals surface area contributed by atoms with Gasteiger partial charge in [-0.3, -0.25) is 14.2 Å². The van der Waals surface area contributed by atoms with Crippen molar-refractivity contribution in [2.24, 2.45) is 0 Å². The van der Waals surface area contributed by atoms with E-state index in [0.717, 1.165) is 32.5 Å². The first-order chi connectivity index (χ1) is 17.2. The van der Waals surface area contributed by atoms with Gasteiger partial charge in [0, 0.05) is 35.1 Å². The normalized spacial score (nSPS) is 10.9. The molecule has 6 aromatic rings. The number of imidazole rings is 1. The summed E-state index contributed by atoms with van der Waals surface area (Å²) < 4.78 is 3.82. The smallest absolute Gasteiger partial charge is 0.267 e. The second-order valence-corrected chi connectivity index (χ2v) is 9.61. The zero-order chi connectivity index (χ0) is 23.8. The molecule has 0 bridgehead atoms. The number of benzene rings is 1. The molecule has 0 fully saturated rings. The van der Waals surface area contributed by atoms with Gasteiger partial charge in [0.25, 0.3) is 5.91 Å². The molecule has 0 radical (unpaired) electrons. The van der Waals surface area contributed by atoms with E-state index < -0.39 is 0 Å². The van der Waals surface area contributed by atoms with Crippen molar-refractivity contribution in [3.05, 3.63) is 89.3 Å². The molecule has 6 rings (SSSR count). The van der Waals surface area contributed by atoms with Crippen molar-refractivity contribution in [1.29, 1.82) is 0 Å². The number of rotatable bonds is 6. The lowest BCUT2D eigenvalue weighted by Gasteiger charge is -2.09. The Morgan fingerprint density at radius 1 is 1.11 bits per heavy atom. The Bertz CT molecular complexity index is 1640. The predicted octanol–water partition coefficient (Wildman–Crippen LogP) is 5.20. The van der Waals surface area contributed by atoms with Gasteiger partial charge in [0.1, 0.15) is 22.5 Å². The monoisotopic (exact) mass is 534 g/mol. The maximum absolute atomic E-state index is 13.2.